The van der Waals surface area contributed by atoms with Crippen LogP contribution in [0.3, 0.4) is 0 Å². The molecule has 0 aliphatic carbocycles. The summed E-state index contributed by atoms with van der Waals surface area (Å²) in [5, 5.41) is 24.6. The normalized spacial score (nSPS) is 23.5. The molecular formula is C8H6N4S5. The predicted molar refractivity (Wildman–Crippen MR) is 82.8 cm³/mol. The molecule has 0 fully saturated rings. The van der Waals surface area contributed by atoms with Crippen LogP contribution in [0.1, 0.15) is 6.42 Å². The Morgan fingerprint density at radius 3 is 2.76 bits per heavy atom. The smallest absolute Gasteiger partial charge is 0.141 e. The fraction of sp³-hybridized carbons (Fsp3) is 0.375. The van der Waals surface area contributed by atoms with Crippen molar-refractivity contribution in [3.8, 4) is 10.8 Å². The van der Waals surface area contributed by atoms with Gasteiger partial charge >= 0.3 is 0 Å². The van der Waals surface area contributed by atoms with E-state index >= 15 is 0 Å². The zero-order valence-corrected chi connectivity index (χ0v) is 12.5. The summed E-state index contributed by atoms with van der Waals surface area (Å²) in [6.45, 7) is 0. The summed E-state index contributed by atoms with van der Waals surface area (Å²) in [7, 11) is 0. The highest BCUT2D eigenvalue weighted by Gasteiger charge is 2.46. The van der Waals surface area contributed by atoms with Crippen molar-refractivity contribution in [3.63, 3.8) is 0 Å². The van der Waals surface area contributed by atoms with Gasteiger partial charge in [-0.2, -0.15) is 14.8 Å². The van der Waals surface area contributed by atoms with Crippen molar-refractivity contribution in [2.75, 3.05) is 5.88 Å². The fourth-order valence-electron chi connectivity index (χ4n) is 1.23. The zero-order chi connectivity index (χ0) is 12.7. The minimum absolute atomic E-state index is 0.440. The molecular weight excluding hydrogens is 312 g/mol. The van der Waals surface area contributed by atoms with Crippen LogP contribution in [0.5, 0.6) is 0 Å². The van der Waals surface area contributed by atoms with Crippen molar-refractivity contribution in [1.29, 1.82) is 10.5 Å². The van der Waals surface area contributed by atoms with Crippen LogP contribution in [0.15, 0.2) is 4.40 Å². The molecule has 88 valence electrons. The van der Waals surface area contributed by atoms with E-state index in [4.69, 9.17) is 35.0 Å². The van der Waals surface area contributed by atoms with Gasteiger partial charge in [0.05, 0.1) is 23.7 Å². The molecule has 0 radical (unpaired) electrons. The van der Waals surface area contributed by atoms with Crippen molar-refractivity contribution in [3.05, 3.63) is 0 Å². The molecule has 9 heteroatoms. The van der Waals surface area contributed by atoms with Gasteiger partial charge in [-0.05, 0) is 28.9 Å². The molecule has 17 heavy (non-hydrogen) atoms. The number of hydrogen-bond acceptors (Lipinski definition) is 9. The van der Waals surface area contributed by atoms with E-state index in [0.717, 1.165) is 23.5 Å². The summed E-state index contributed by atoms with van der Waals surface area (Å²) in [4.78, 5) is -0.660. The van der Waals surface area contributed by atoms with Gasteiger partial charge in [0.1, 0.15) is 15.7 Å². The van der Waals surface area contributed by atoms with Gasteiger partial charge in [-0.1, -0.05) is 24.4 Å². The summed E-state index contributed by atoms with van der Waals surface area (Å²) in [6, 6.07) is 0. The monoisotopic (exact) mass is 318 g/mol. The van der Waals surface area contributed by atoms with Crippen molar-refractivity contribution >= 4 is 76.5 Å². The van der Waals surface area contributed by atoms with Crippen molar-refractivity contribution in [2.45, 2.75) is 11.3 Å². The maximum absolute atomic E-state index is 8.93. The van der Waals surface area contributed by atoms with Crippen LogP contribution in [-0.4, -0.2) is 31.5 Å². The molecule has 0 saturated carbocycles. The first kappa shape index (κ1) is 14.9. The third-order valence-electron chi connectivity index (χ3n) is 1.97. The van der Waals surface area contributed by atoms with E-state index in [1.165, 1.54) is 17.5 Å². The zero-order valence-electron chi connectivity index (χ0n) is 8.40. The minimum atomic E-state index is -0.660. The molecule has 0 N–H and O–H groups in total. The summed E-state index contributed by atoms with van der Waals surface area (Å²) < 4.78 is 6.07. The van der Waals surface area contributed by atoms with Crippen LogP contribution in [0.4, 0.5) is 0 Å². The summed E-state index contributed by atoms with van der Waals surface area (Å²) in [5.41, 5.74) is 0.642. The third-order valence-corrected chi connectivity index (χ3v) is 5.10. The Kier molecular flexibility index (Phi) is 6.41. The van der Waals surface area contributed by atoms with E-state index in [9.17, 15) is 0 Å². The van der Waals surface area contributed by atoms with Crippen molar-refractivity contribution in [1.82, 2.24) is 4.31 Å². The molecule has 0 aromatic heterocycles. The van der Waals surface area contributed by atoms with Gasteiger partial charge in [-0.15, -0.1) is 0 Å². The highest BCUT2D eigenvalue weighted by atomic mass is 32.2. The number of nitriles is 2. The van der Waals surface area contributed by atoms with Crippen LogP contribution in [0.2, 0.25) is 0 Å². The van der Waals surface area contributed by atoms with Crippen LogP contribution in [-0.2, 0) is 0 Å². The van der Waals surface area contributed by atoms with Crippen LogP contribution in [0, 0.1) is 21.3 Å². The molecule has 1 unspecified atom stereocenters. The number of nitrogens with zero attached hydrogens (tertiary/aromatic N) is 4. The molecule has 0 saturated heterocycles. The number of thiocarbonyl (C=S) groups is 2. The van der Waals surface area contributed by atoms with Gasteiger partial charge in [0.2, 0.25) is 0 Å². The lowest BCUT2D eigenvalue weighted by Crippen LogP contribution is -2.45. The highest BCUT2D eigenvalue weighted by molar-refractivity contribution is 8.08. The Morgan fingerprint density at radius 1 is 1.47 bits per heavy atom. The molecule has 1 atom stereocenters. The van der Waals surface area contributed by atoms with Gasteiger partial charge in [0, 0.05) is 11.8 Å². The summed E-state index contributed by atoms with van der Waals surface area (Å²) >= 11 is 13.2. The molecule has 0 aromatic rings. The second-order valence-corrected chi connectivity index (χ2v) is 5.91. The quantitative estimate of drug-likeness (QED) is 0.421. The van der Waals surface area contributed by atoms with E-state index in [-0.39, 0.29) is 0 Å². The average Bonchev–Trinajstić information content (AvgIpc) is 2.65. The van der Waals surface area contributed by atoms with Gasteiger partial charge in [0.15, 0.2) is 0 Å². The van der Waals surface area contributed by atoms with Crippen LogP contribution >= 0.6 is 60.1 Å². The van der Waals surface area contributed by atoms with E-state index in [1.54, 1.807) is 5.37 Å². The first-order valence-corrected chi connectivity index (χ1v) is 7.72. The maximum atomic E-state index is 8.93. The van der Waals surface area contributed by atoms with Gasteiger partial charge < -0.3 is 0 Å². The third kappa shape index (κ3) is 3.19. The first-order chi connectivity index (χ1) is 8.25. The molecule has 0 aromatic carbocycles. The Labute approximate surface area is 123 Å². The number of rotatable bonds is 6. The van der Waals surface area contributed by atoms with Crippen molar-refractivity contribution < 1.29 is 0 Å². The van der Waals surface area contributed by atoms with Crippen LogP contribution < -0.4 is 0 Å². The molecule has 0 spiro atoms. The Hall–Kier alpha value is -0.160. The van der Waals surface area contributed by atoms with E-state index in [1.807, 2.05) is 9.71 Å². The lowest BCUT2D eigenvalue weighted by molar-refractivity contribution is 0.475. The van der Waals surface area contributed by atoms with Crippen molar-refractivity contribution in [2.24, 2.45) is 4.40 Å². The molecule has 0 bridgehead atoms. The van der Waals surface area contributed by atoms with E-state index in [0.29, 0.717) is 18.0 Å². The van der Waals surface area contributed by atoms with Gasteiger partial charge in [0.25, 0.3) is 0 Å². The number of thiocyanates is 2. The molecule has 1 heterocycles. The molecule has 1 rings (SSSR count). The largest absolute Gasteiger partial charge is 0.201 e. The van der Waals surface area contributed by atoms with Gasteiger partial charge in [-0.25, -0.2) is 4.40 Å². The second-order valence-electron chi connectivity index (χ2n) is 2.77. The number of thioether (sulfide) groups is 2. The molecule has 0 amide bonds. The Bertz CT molecular complexity index is 423. The molecule has 1 aliphatic heterocycles. The molecule has 4 nitrogen and oxygen atoms in total. The highest BCUT2D eigenvalue weighted by Crippen LogP contribution is 2.44. The van der Waals surface area contributed by atoms with Crippen LogP contribution in [0.25, 0.3) is 0 Å². The maximum Gasteiger partial charge on any atom is 0.141 e. The lowest BCUT2D eigenvalue weighted by Gasteiger charge is -2.31. The first-order valence-electron chi connectivity index (χ1n) is 4.25. The Balaban J connectivity index is 3.01. The standard InChI is InChI=1S/C8H6N4S5/c9-4-15-6-12-8(1-2-13,16-5-10)7(3-14)11-17-12/h2-3H,1,6H2. The van der Waals surface area contributed by atoms with E-state index < -0.39 is 4.87 Å². The average molecular weight is 318 g/mol. The number of hydrogen-bond donors (Lipinski definition) is 0. The summed E-state index contributed by atoms with van der Waals surface area (Å²) in [5.74, 6) is 0.440. The topological polar surface area (TPSA) is 63.2 Å². The fourth-order valence-corrected chi connectivity index (χ4v) is 4.44. The Morgan fingerprint density at radius 2 is 2.24 bits per heavy atom. The molecule has 1 aliphatic rings. The van der Waals surface area contributed by atoms with Gasteiger partial charge in [-0.3, -0.25) is 0 Å². The lowest BCUT2D eigenvalue weighted by atomic mass is 10.1. The second kappa shape index (κ2) is 7.31. The SMILES string of the molecule is N#CSCN1SN=C(C=S)C1(CC=S)SC#N. The summed E-state index contributed by atoms with van der Waals surface area (Å²) in [6.07, 6.45) is 0.478. The van der Waals surface area contributed by atoms with E-state index in [2.05, 4.69) is 9.80 Å². The predicted octanol–water partition coefficient (Wildman–Crippen LogP) is 2.78. The minimum Gasteiger partial charge on any atom is -0.201 e.